The molecule has 0 amide bonds. The largest absolute Gasteiger partial charge is 0.466 e. The van der Waals surface area contributed by atoms with Gasteiger partial charge in [0, 0.05) is 6.42 Å². The molecule has 22 heavy (non-hydrogen) atoms. The van der Waals surface area contributed by atoms with Crippen molar-refractivity contribution in [1.29, 1.82) is 0 Å². The number of esters is 1. The average Bonchev–Trinajstić information content (AvgIpc) is 2.51. The van der Waals surface area contributed by atoms with Crippen molar-refractivity contribution in [3.8, 4) is 0 Å². The zero-order valence-corrected chi connectivity index (χ0v) is 14.8. The second-order valence-corrected chi connectivity index (χ2v) is 5.79. The van der Waals surface area contributed by atoms with Gasteiger partial charge in [0.2, 0.25) is 0 Å². The number of carbonyl (C=O) groups excluding carboxylic acids is 1. The number of hydrogen-bond donors (Lipinski definition) is 0. The number of hydrogen-bond acceptors (Lipinski definition) is 2. The molecule has 0 bridgehead atoms. The summed E-state index contributed by atoms with van der Waals surface area (Å²) < 4.78 is 4.91. The first-order valence-electron chi connectivity index (χ1n) is 9.26. The lowest BCUT2D eigenvalue weighted by atomic mass is 10.9. The molecule has 0 atom stereocenters. The van der Waals surface area contributed by atoms with Gasteiger partial charge in [0.15, 0.2) is 0 Å². The van der Waals surface area contributed by atoms with Crippen molar-refractivity contribution < 1.29 is 9.53 Å². The first-order valence-corrected chi connectivity index (χ1v) is 9.26. The maximum Gasteiger partial charge on any atom is 0.305 e. The van der Waals surface area contributed by atoms with E-state index in [4.69, 9.17) is 4.74 Å². The van der Waals surface area contributed by atoms with Crippen molar-refractivity contribution in [3.63, 3.8) is 0 Å². The molecule has 0 aromatic carbocycles. The van der Waals surface area contributed by atoms with E-state index in [1.165, 1.54) is 51.4 Å². The van der Waals surface area contributed by atoms with Gasteiger partial charge in [0.05, 0.1) is 6.61 Å². The molecule has 0 aromatic heterocycles. The summed E-state index contributed by atoms with van der Waals surface area (Å²) >= 11 is 0. The zero-order valence-electron chi connectivity index (χ0n) is 14.8. The summed E-state index contributed by atoms with van der Waals surface area (Å²) in [6.45, 7) is 4.60. The van der Waals surface area contributed by atoms with Crippen LogP contribution in [0.5, 0.6) is 0 Å². The van der Waals surface area contributed by atoms with Crippen molar-refractivity contribution in [2.24, 2.45) is 0 Å². The zero-order chi connectivity index (χ0) is 16.3. The van der Waals surface area contributed by atoms with Crippen LogP contribution in [0.25, 0.3) is 0 Å². The highest BCUT2D eigenvalue weighted by molar-refractivity contribution is 5.69. The van der Waals surface area contributed by atoms with Gasteiger partial charge in [0.25, 0.3) is 0 Å². The van der Waals surface area contributed by atoms with E-state index in [1.54, 1.807) is 0 Å². The highest BCUT2D eigenvalue weighted by atomic mass is 16.6. The Morgan fingerprint density at radius 3 is 2.00 bits per heavy atom. The number of unbranched alkanes of at least 4 members (excludes halogenated alkanes) is 8. The molecule has 0 saturated carbocycles. The Labute approximate surface area is 138 Å². The van der Waals surface area contributed by atoms with E-state index in [9.17, 15) is 4.79 Å². The van der Waals surface area contributed by atoms with Crippen LogP contribution in [0.1, 0.15) is 90.9 Å². The second kappa shape index (κ2) is 18.0. The Morgan fingerprint density at radius 2 is 1.36 bits per heavy atom. The summed E-state index contributed by atoms with van der Waals surface area (Å²) in [5, 5.41) is 0. The van der Waals surface area contributed by atoms with E-state index in [0.29, 0.717) is 13.0 Å². The Kier molecular flexibility index (Phi) is 17.1. The summed E-state index contributed by atoms with van der Waals surface area (Å²) in [4.78, 5) is 11.1. The third-order valence-electron chi connectivity index (χ3n) is 3.64. The summed E-state index contributed by atoms with van der Waals surface area (Å²) in [7, 11) is 0. The average molecular weight is 326 g/mol. The molecule has 0 rings (SSSR count). The van der Waals surface area contributed by atoms with E-state index >= 15 is 0 Å². The Morgan fingerprint density at radius 1 is 0.773 bits per heavy atom. The number of allylic oxidation sites excluding steroid dienone is 4. The fourth-order valence-corrected chi connectivity index (χ4v) is 2.31. The van der Waals surface area contributed by atoms with Gasteiger partial charge in [-0.05, 0) is 45.4 Å². The van der Waals surface area contributed by atoms with Crippen LogP contribution < -0.4 is 0 Å². The van der Waals surface area contributed by atoms with Crippen LogP contribution in [0.15, 0.2) is 24.3 Å². The van der Waals surface area contributed by atoms with Crippen LogP contribution in [-0.4, -0.2) is 12.6 Å². The molecule has 0 unspecified atom stereocenters. The molecule has 2 nitrogen and oxygen atoms in total. The molecular weight excluding hydrogens is 290 g/mol. The van der Waals surface area contributed by atoms with E-state index in [1.807, 2.05) is 6.92 Å². The minimum Gasteiger partial charge on any atom is -0.466 e. The molecule has 0 aliphatic carbocycles. The van der Waals surface area contributed by atoms with Gasteiger partial charge in [-0.2, -0.15) is 0 Å². The summed E-state index contributed by atoms with van der Waals surface area (Å²) in [5.74, 6) is -0.0480. The van der Waals surface area contributed by atoms with Crippen molar-refractivity contribution in [3.05, 3.63) is 24.3 Å². The predicted octanol–water partition coefficient (Wildman–Crippen LogP) is 6.36. The van der Waals surface area contributed by atoms with E-state index < -0.39 is 0 Å². The van der Waals surface area contributed by atoms with Gasteiger partial charge in [-0.1, -0.05) is 63.3 Å². The summed E-state index contributed by atoms with van der Waals surface area (Å²) in [6.07, 6.45) is 23.1. The quantitative estimate of drug-likeness (QED) is 0.151. The van der Waals surface area contributed by atoms with Crippen LogP contribution in [0.2, 0.25) is 0 Å². The van der Waals surface area contributed by atoms with Gasteiger partial charge in [-0.25, -0.2) is 0 Å². The number of carbonyl (C=O) groups is 1. The highest BCUT2D eigenvalue weighted by Crippen LogP contribution is 2.08. The van der Waals surface area contributed by atoms with Gasteiger partial charge < -0.3 is 4.74 Å². The van der Waals surface area contributed by atoms with Crippen LogP contribution in [0.3, 0.4) is 0 Å². The molecule has 0 aliphatic heterocycles. The molecule has 0 saturated heterocycles. The van der Waals surface area contributed by atoms with E-state index in [0.717, 1.165) is 19.3 Å². The van der Waals surface area contributed by atoms with E-state index in [2.05, 4.69) is 31.2 Å². The standard InChI is InChI=1S/C20H36O2/c1-3-5-6-7-8-9-10-11-12-13-14-15-16-17-18-19-20(21)22-4-2/h8-9,11-12H,3-7,10,13-19H2,1-2H3/b9-8+,12-11+/i1+1,3+1,5+1,6+1,7+1,8+1,9+1,10+1,11+1,12+1,13+1,14+1,15+1,16+1,17+1,18+1,19+1,20+1. The van der Waals surface area contributed by atoms with Crippen LogP contribution in [0.4, 0.5) is 0 Å². The lowest BCUT2D eigenvalue weighted by Gasteiger charge is -2.01. The van der Waals surface area contributed by atoms with E-state index in [-0.39, 0.29) is 5.97 Å². The molecule has 0 radical (unpaired) electrons. The maximum absolute atomic E-state index is 11.1. The molecular formula is C20H36O2. The maximum atomic E-state index is 11.1. The molecule has 0 heterocycles. The minimum atomic E-state index is -0.0480. The van der Waals surface area contributed by atoms with Gasteiger partial charge in [-0.15, -0.1) is 0 Å². The lowest BCUT2D eigenvalue weighted by Crippen LogP contribution is -2.03. The fourth-order valence-electron chi connectivity index (χ4n) is 2.31. The van der Waals surface area contributed by atoms with Crippen molar-refractivity contribution in [2.75, 3.05) is 6.61 Å². The normalized spacial score (nSPS) is 11.5. The minimum absolute atomic E-state index is 0.0480. The van der Waals surface area contributed by atoms with Crippen molar-refractivity contribution in [1.82, 2.24) is 0 Å². The number of rotatable bonds is 15. The third-order valence-corrected chi connectivity index (χ3v) is 3.64. The third kappa shape index (κ3) is 17.0. The lowest BCUT2D eigenvalue weighted by molar-refractivity contribution is -0.143. The van der Waals surface area contributed by atoms with Gasteiger partial charge in [0.1, 0.15) is 0 Å². The molecule has 2 heteroatoms. The Balaban J connectivity index is 3.22. The van der Waals surface area contributed by atoms with Crippen LogP contribution >= 0.6 is 0 Å². The fraction of sp³-hybridized carbons (Fsp3) is 0.750. The molecule has 128 valence electrons. The first-order chi connectivity index (χ1) is 10.8. The van der Waals surface area contributed by atoms with Gasteiger partial charge in [-0.3, -0.25) is 4.79 Å². The summed E-state index contributed by atoms with van der Waals surface area (Å²) in [6, 6.07) is 0. The smallest absolute Gasteiger partial charge is 0.305 e. The topological polar surface area (TPSA) is 26.3 Å². The second-order valence-electron chi connectivity index (χ2n) is 5.79. The van der Waals surface area contributed by atoms with Gasteiger partial charge >= 0.3 is 5.97 Å². The van der Waals surface area contributed by atoms with Crippen LogP contribution in [0, 0.1) is 0 Å². The molecule has 0 aliphatic rings. The predicted molar refractivity (Wildman–Crippen MR) is 96.0 cm³/mol. The van der Waals surface area contributed by atoms with Crippen molar-refractivity contribution >= 4 is 5.97 Å². The van der Waals surface area contributed by atoms with Crippen LogP contribution in [-0.2, 0) is 9.53 Å². The number of ether oxygens (including phenoxy) is 1. The molecule has 0 fully saturated rings. The monoisotopic (exact) mass is 326 g/mol. The van der Waals surface area contributed by atoms with Crippen molar-refractivity contribution in [2.45, 2.75) is 90.9 Å². The SMILES string of the molecule is CCO[13C](=O)[13CH2][13CH2][13CH2][13CH2][13CH2][13CH2][13CH2]/[13CH]=[13CH]/[13CH2]/[13CH]=[13CH]/[13CH2][13CH2][13CH2][13CH2][13CH3]. The Hall–Kier alpha value is -1.05. The molecule has 0 aromatic rings. The summed E-state index contributed by atoms with van der Waals surface area (Å²) in [5.41, 5.74) is 0. The highest BCUT2D eigenvalue weighted by Gasteiger charge is 2.00. The Bertz CT molecular complexity index is 292. The first kappa shape index (κ1) is 20.9. The molecule has 0 N–H and O–H groups in total. The molecule has 0 spiro atoms.